The molecule has 0 amide bonds. The Bertz CT molecular complexity index is 554. The summed E-state index contributed by atoms with van der Waals surface area (Å²) in [5, 5.41) is 3.27. The van der Waals surface area contributed by atoms with Gasteiger partial charge in [0.05, 0.1) is 0 Å². The number of piperidine rings is 1. The maximum Gasteiger partial charge on any atom is 0.252 e. The standard InChI is InChI=1S/C15H26N2O2S2/c1-4-16-10-9-14-7-8-15(20-14)21(18,19)17-11-5-6-12(2)13(17)3/h7-8,12-13,16H,4-6,9-11H2,1-3H3. The Morgan fingerprint density at radius 2 is 2.14 bits per heavy atom. The Hall–Kier alpha value is -0.430. The third-order valence-electron chi connectivity index (χ3n) is 4.31. The average molecular weight is 331 g/mol. The highest BCUT2D eigenvalue weighted by Crippen LogP contribution is 2.31. The van der Waals surface area contributed by atoms with Crippen LogP contribution in [0.1, 0.15) is 38.5 Å². The smallest absolute Gasteiger partial charge is 0.252 e. The Balaban J connectivity index is 2.12. The molecule has 0 aliphatic carbocycles. The van der Waals surface area contributed by atoms with Gasteiger partial charge in [-0.1, -0.05) is 13.8 Å². The van der Waals surface area contributed by atoms with Gasteiger partial charge in [-0.2, -0.15) is 4.31 Å². The molecule has 4 nitrogen and oxygen atoms in total. The summed E-state index contributed by atoms with van der Waals surface area (Å²) in [6, 6.07) is 3.82. The molecule has 1 fully saturated rings. The van der Waals surface area contributed by atoms with Gasteiger partial charge in [0, 0.05) is 17.5 Å². The minimum atomic E-state index is -3.32. The van der Waals surface area contributed by atoms with E-state index in [0.717, 1.165) is 37.2 Å². The van der Waals surface area contributed by atoms with Crippen LogP contribution in [-0.2, 0) is 16.4 Å². The van der Waals surface area contributed by atoms with E-state index in [1.807, 2.05) is 13.0 Å². The maximum atomic E-state index is 12.8. The van der Waals surface area contributed by atoms with Crippen molar-refractivity contribution in [2.24, 2.45) is 5.92 Å². The second-order valence-corrected chi connectivity index (χ2v) is 9.09. The number of hydrogen-bond acceptors (Lipinski definition) is 4. The zero-order chi connectivity index (χ0) is 15.5. The molecule has 2 rings (SSSR count). The summed E-state index contributed by atoms with van der Waals surface area (Å²) in [4.78, 5) is 1.13. The fourth-order valence-corrected chi connectivity index (χ4v) is 6.02. The molecule has 2 atom stereocenters. The molecular formula is C15H26N2O2S2. The predicted octanol–water partition coefficient (Wildman–Crippen LogP) is 2.71. The number of nitrogens with zero attached hydrogens (tertiary/aromatic N) is 1. The Kier molecular flexibility index (Phi) is 5.82. The van der Waals surface area contributed by atoms with Crippen LogP contribution >= 0.6 is 11.3 Å². The van der Waals surface area contributed by atoms with Gasteiger partial charge in [0.15, 0.2) is 0 Å². The lowest BCUT2D eigenvalue weighted by Gasteiger charge is -2.36. The number of hydrogen-bond donors (Lipinski definition) is 1. The Labute approximate surface area is 132 Å². The highest BCUT2D eigenvalue weighted by Gasteiger charge is 2.35. The largest absolute Gasteiger partial charge is 0.317 e. The summed E-state index contributed by atoms with van der Waals surface area (Å²) in [6.07, 6.45) is 2.97. The molecule has 1 aromatic rings. The number of thiophene rings is 1. The minimum absolute atomic E-state index is 0.0936. The minimum Gasteiger partial charge on any atom is -0.317 e. The van der Waals surface area contributed by atoms with Crippen LogP contribution in [0.15, 0.2) is 16.3 Å². The Morgan fingerprint density at radius 3 is 2.86 bits per heavy atom. The molecule has 0 spiro atoms. The molecule has 0 aromatic carbocycles. The van der Waals surface area contributed by atoms with Crippen LogP contribution < -0.4 is 5.32 Å². The van der Waals surface area contributed by atoms with Crippen molar-refractivity contribution in [3.05, 3.63) is 17.0 Å². The van der Waals surface area contributed by atoms with Gasteiger partial charge in [0.25, 0.3) is 10.0 Å². The van der Waals surface area contributed by atoms with Gasteiger partial charge in [-0.3, -0.25) is 0 Å². The summed E-state index contributed by atoms with van der Waals surface area (Å²) >= 11 is 1.42. The molecule has 1 saturated heterocycles. The maximum absolute atomic E-state index is 12.8. The summed E-state index contributed by atoms with van der Waals surface area (Å²) in [7, 11) is -3.32. The van der Waals surface area contributed by atoms with Crippen LogP contribution in [0.5, 0.6) is 0 Å². The van der Waals surface area contributed by atoms with Crippen LogP contribution in [0.3, 0.4) is 0 Å². The molecule has 2 heterocycles. The van der Waals surface area contributed by atoms with Crippen LogP contribution in [0.4, 0.5) is 0 Å². The SMILES string of the molecule is CCNCCc1ccc(S(=O)(=O)N2CCCC(C)C2C)s1. The monoisotopic (exact) mass is 330 g/mol. The fraction of sp³-hybridized carbons (Fsp3) is 0.733. The van der Waals surface area contributed by atoms with E-state index in [1.165, 1.54) is 11.3 Å². The highest BCUT2D eigenvalue weighted by atomic mass is 32.2. The molecule has 6 heteroatoms. The summed E-state index contributed by atoms with van der Waals surface area (Å²) in [5.74, 6) is 0.432. The first-order valence-electron chi connectivity index (χ1n) is 7.78. The summed E-state index contributed by atoms with van der Waals surface area (Å²) in [5.41, 5.74) is 0. The molecular weight excluding hydrogens is 304 g/mol. The molecule has 1 aliphatic rings. The molecule has 0 radical (unpaired) electrons. The first-order valence-corrected chi connectivity index (χ1v) is 10.0. The van der Waals surface area contributed by atoms with E-state index >= 15 is 0 Å². The second-order valence-electron chi connectivity index (χ2n) is 5.80. The number of nitrogens with one attached hydrogen (secondary N) is 1. The first-order chi connectivity index (χ1) is 9.96. The van der Waals surface area contributed by atoms with Crippen molar-refractivity contribution in [3.63, 3.8) is 0 Å². The average Bonchev–Trinajstić information content (AvgIpc) is 2.91. The lowest BCUT2D eigenvalue weighted by atomic mass is 9.94. The van der Waals surface area contributed by atoms with Gasteiger partial charge in [-0.15, -0.1) is 11.3 Å². The molecule has 120 valence electrons. The summed E-state index contributed by atoms with van der Waals surface area (Å²) in [6.45, 7) is 8.73. The van der Waals surface area contributed by atoms with Crippen LogP contribution in [0, 0.1) is 5.92 Å². The number of rotatable bonds is 6. The molecule has 0 bridgehead atoms. The van der Waals surface area contributed by atoms with Crippen LogP contribution in [0.2, 0.25) is 0 Å². The van der Waals surface area contributed by atoms with Crippen molar-refractivity contribution in [2.45, 2.75) is 50.3 Å². The lowest BCUT2D eigenvalue weighted by Crippen LogP contribution is -2.45. The predicted molar refractivity (Wildman–Crippen MR) is 88.3 cm³/mol. The third-order valence-corrected chi connectivity index (χ3v) is 7.91. The van der Waals surface area contributed by atoms with Crippen molar-refractivity contribution < 1.29 is 8.42 Å². The molecule has 0 saturated carbocycles. The highest BCUT2D eigenvalue weighted by molar-refractivity contribution is 7.91. The first kappa shape index (κ1) is 16.9. The Morgan fingerprint density at radius 1 is 1.38 bits per heavy atom. The van der Waals surface area contributed by atoms with E-state index in [9.17, 15) is 8.42 Å². The zero-order valence-corrected chi connectivity index (χ0v) is 14.8. The van der Waals surface area contributed by atoms with Crippen molar-refractivity contribution in [3.8, 4) is 0 Å². The van der Waals surface area contributed by atoms with E-state index in [4.69, 9.17) is 0 Å². The van der Waals surface area contributed by atoms with Gasteiger partial charge in [-0.05, 0) is 57.3 Å². The van der Waals surface area contributed by atoms with E-state index in [-0.39, 0.29) is 6.04 Å². The molecule has 21 heavy (non-hydrogen) atoms. The fourth-order valence-electron chi connectivity index (χ4n) is 2.77. The zero-order valence-electron chi connectivity index (χ0n) is 13.1. The topological polar surface area (TPSA) is 49.4 Å². The van der Waals surface area contributed by atoms with E-state index < -0.39 is 10.0 Å². The van der Waals surface area contributed by atoms with Gasteiger partial charge in [-0.25, -0.2) is 8.42 Å². The van der Waals surface area contributed by atoms with Gasteiger partial charge >= 0.3 is 0 Å². The van der Waals surface area contributed by atoms with Gasteiger partial charge in [0.2, 0.25) is 0 Å². The van der Waals surface area contributed by atoms with Crippen molar-refractivity contribution in [1.82, 2.24) is 9.62 Å². The number of sulfonamides is 1. The molecule has 2 unspecified atom stereocenters. The van der Waals surface area contributed by atoms with Crippen molar-refractivity contribution in [1.29, 1.82) is 0 Å². The van der Waals surface area contributed by atoms with E-state index in [1.54, 1.807) is 10.4 Å². The van der Waals surface area contributed by atoms with Crippen LogP contribution in [0.25, 0.3) is 0 Å². The molecule has 1 aromatic heterocycles. The van der Waals surface area contributed by atoms with E-state index in [0.29, 0.717) is 16.7 Å². The second kappa shape index (κ2) is 7.22. The lowest BCUT2D eigenvalue weighted by molar-refractivity contribution is 0.202. The quantitative estimate of drug-likeness (QED) is 0.816. The third kappa shape index (κ3) is 3.86. The molecule has 1 aliphatic heterocycles. The van der Waals surface area contributed by atoms with Crippen molar-refractivity contribution in [2.75, 3.05) is 19.6 Å². The van der Waals surface area contributed by atoms with E-state index in [2.05, 4.69) is 19.2 Å². The van der Waals surface area contributed by atoms with Crippen molar-refractivity contribution >= 4 is 21.4 Å². The summed E-state index contributed by atoms with van der Waals surface area (Å²) < 4.78 is 27.8. The molecule has 1 N–H and O–H groups in total. The van der Waals surface area contributed by atoms with Gasteiger partial charge in [0.1, 0.15) is 4.21 Å². The number of likely N-dealkylation sites (N-methyl/N-ethyl adjacent to an activating group) is 1. The van der Waals surface area contributed by atoms with Gasteiger partial charge < -0.3 is 5.32 Å². The van der Waals surface area contributed by atoms with Crippen LogP contribution in [-0.4, -0.2) is 38.4 Å². The normalized spacial score (nSPS) is 24.3.